The highest BCUT2D eigenvalue weighted by Crippen LogP contribution is 2.24. The highest BCUT2D eigenvalue weighted by atomic mass is 16.2. The van der Waals surface area contributed by atoms with Crippen molar-refractivity contribution in [1.82, 2.24) is 19.9 Å². The summed E-state index contributed by atoms with van der Waals surface area (Å²) in [5.41, 5.74) is 8.95. The summed E-state index contributed by atoms with van der Waals surface area (Å²) >= 11 is 0. The fourth-order valence-corrected chi connectivity index (χ4v) is 3.94. The SMILES string of the molecule is CCn1c(N)c(CC(=O)NC)c(=O)c2ccc(-c3cccc(CC(=O)Nc4ccccn4)c3)nc21. The second-order valence-corrected chi connectivity index (χ2v) is 8.00. The summed E-state index contributed by atoms with van der Waals surface area (Å²) in [6.07, 6.45) is 1.70. The van der Waals surface area contributed by atoms with Crippen molar-refractivity contribution in [3.05, 3.63) is 82.1 Å². The van der Waals surface area contributed by atoms with Crippen LogP contribution in [0.4, 0.5) is 11.6 Å². The lowest BCUT2D eigenvalue weighted by molar-refractivity contribution is -0.120. The van der Waals surface area contributed by atoms with Crippen molar-refractivity contribution in [2.24, 2.45) is 0 Å². The maximum Gasteiger partial charge on any atom is 0.229 e. The molecule has 0 bridgehead atoms. The van der Waals surface area contributed by atoms with E-state index in [4.69, 9.17) is 10.7 Å². The number of carbonyl (C=O) groups is 2. The third-order valence-corrected chi connectivity index (χ3v) is 5.70. The molecule has 2 amide bonds. The van der Waals surface area contributed by atoms with Crippen LogP contribution in [0.3, 0.4) is 0 Å². The van der Waals surface area contributed by atoms with Gasteiger partial charge in [0.05, 0.1) is 23.9 Å². The molecule has 0 aliphatic carbocycles. The Balaban J connectivity index is 1.68. The molecule has 4 aromatic rings. The number of aryl methyl sites for hydroxylation is 1. The zero-order valence-electron chi connectivity index (χ0n) is 19.5. The molecule has 1 aromatic carbocycles. The molecule has 0 radical (unpaired) electrons. The van der Waals surface area contributed by atoms with Crippen LogP contribution in [-0.4, -0.2) is 33.4 Å². The van der Waals surface area contributed by atoms with Crippen LogP contribution in [0.2, 0.25) is 0 Å². The zero-order chi connectivity index (χ0) is 24.9. The number of hydrogen-bond acceptors (Lipinski definition) is 6. The Hall–Kier alpha value is -4.53. The smallest absolute Gasteiger partial charge is 0.229 e. The van der Waals surface area contributed by atoms with Crippen molar-refractivity contribution in [2.45, 2.75) is 26.3 Å². The van der Waals surface area contributed by atoms with E-state index in [1.54, 1.807) is 41.1 Å². The van der Waals surface area contributed by atoms with Crippen molar-refractivity contribution in [2.75, 3.05) is 18.1 Å². The molecule has 9 nitrogen and oxygen atoms in total. The minimum absolute atomic E-state index is 0.0958. The number of carbonyl (C=O) groups excluding carboxylic acids is 2. The molecule has 0 saturated carbocycles. The first-order chi connectivity index (χ1) is 16.9. The summed E-state index contributed by atoms with van der Waals surface area (Å²) in [5.74, 6) is 0.266. The van der Waals surface area contributed by atoms with Crippen molar-refractivity contribution >= 4 is 34.5 Å². The van der Waals surface area contributed by atoms with E-state index in [0.29, 0.717) is 29.1 Å². The Bertz CT molecular complexity index is 1460. The number of hydrogen-bond donors (Lipinski definition) is 3. The summed E-state index contributed by atoms with van der Waals surface area (Å²) in [7, 11) is 1.52. The second-order valence-electron chi connectivity index (χ2n) is 8.00. The fraction of sp³-hybridized carbons (Fsp3) is 0.192. The first-order valence-electron chi connectivity index (χ1n) is 11.2. The standard InChI is InChI=1S/C26H26N6O3/c1-3-32-25(27)19(15-22(33)28-2)24(35)18-10-11-20(30-26(18)32)17-8-6-7-16(13-17)14-23(34)31-21-9-4-5-12-29-21/h4-13H,3,14-15,27H2,1-2H3,(H,28,33)(H,29,31,34). The van der Waals surface area contributed by atoms with Crippen molar-refractivity contribution in [1.29, 1.82) is 0 Å². The molecule has 0 spiro atoms. The first-order valence-corrected chi connectivity index (χ1v) is 11.2. The molecule has 0 atom stereocenters. The van der Waals surface area contributed by atoms with Crippen LogP contribution in [-0.2, 0) is 29.0 Å². The van der Waals surface area contributed by atoms with Gasteiger partial charge in [0.2, 0.25) is 11.8 Å². The highest BCUT2D eigenvalue weighted by Gasteiger charge is 2.18. The number of nitrogens with two attached hydrogens (primary N) is 1. The van der Waals surface area contributed by atoms with Gasteiger partial charge in [0.1, 0.15) is 17.3 Å². The minimum Gasteiger partial charge on any atom is -0.385 e. The maximum atomic E-state index is 13.1. The zero-order valence-corrected chi connectivity index (χ0v) is 19.5. The summed E-state index contributed by atoms with van der Waals surface area (Å²) < 4.78 is 1.74. The number of nitrogens with one attached hydrogen (secondary N) is 2. The van der Waals surface area contributed by atoms with Crippen LogP contribution < -0.4 is 21.8 Å². The first kappa shape index (κ1) is 23.6. The van der Waals surface area contributed by atoms with E-state index in [1.807, 2.05) is 31.2 Å². The third kappa shape index (κ3) is 5.03. The van der Waals surface area contributed by atoms with Crippen molar-refractivity contribution < 1.29 is 9.59 Å². The second kappa shape index (κ2) is 10.2. The number of aromatic nitrogens is 3. The molecule has 4 N–H and O–H groups in total. The number of anilines is 2. The summed E-state index contributed by atoms with van der Waals surface area (Å²) in [6, 6.07) is 16.3. The molecular weight excluding hydrogens is 444 g/mol. The molecule has 9 heteroatoms. The van der Waals surface area contributed by atoms with Gasteiger partial charge < -0.3 is 20.9 Å². The lowest BCUT2D eigenvalue weighted by Crippen LogP contribution is -2.27. The topological polar surface area (TPSA) is 132 Å². The number of fused-ring (bicyclic) bond motifs is 1. The van der Waals surface area contributed by atoms with Crippen molar-refractivity contribution in [3.8, 4) is 11.3 Å². The number of nitrogen functional groups attached to an aromatic ring is 1. The fourth-order valence-electron chi connectivity index (χ4n) is 3.94. The third-order valence-electron chi connectivity index (χ3n) is 5.70. The molecule has 0 aliphatic heterocycles. The predicted molar refractivity (Wildman–Crippen MR) is 136 cm³/mol. The number of amides is 2. The van der Waals surface area contributed by atoms with E-state index in [1.165, 1.54) is 7.05 Å². The highest BCUT2D eigenvalue weighted by molar-refractivity contribution is 5.91. The normalized spacial score (nSPS) is 10.8. The molecule has 3 aromatic heterocycles. The molecule has 35 heavy (non-hydrogen) atoms. The number of benzene rings is 1. The Kier molecular flexibility index (Phi) is 6.86. The van der Waals surface area contributed by atoms with Gasteiger partial charge in [-0.2, -0.15) is 0 Å². The van der Waals surface area contributed by atoms with Gasteiger partial charge in [0.25, 0.3) is 0 Å². The van der Waals surface area contributed by atoms with Gasteiger partial charge in [-0.1, -0.05) is 24.3 Å². The number of rotatable bonds is 7. The van der Waals surface area contributed by atoms with Crippen molar-refractivity contribution in [3.63, 3.8) is 0 Å². The van der Waals surface area contributed by atoms with E-state index < -0.39 is 0 Å². The molecule has 4 rings (SSSR count). The molecule has 0 fully saturated rings. The predicted octanol–water partition coefficient (Wildman–Crippen LogP) is 2.53. The van der Waals surface area contributed by atoms with E-state index in [2.05, 4.69) is 15.6 Å². The van der Waals surface area contributed by atoms with E-state index >= 15 is 0 Å². The molecule has 178 valence electrons. The van der Waals surface area contributed by atoms with Crippen LogP contribution >= 0.6 is 0 Å². The molecule has 0 unspecified atom stereocenters. The largest absolute Gasteiger partial charge is 0.385 e. The van der Waals surface area contributed by atoms with Gasteiger partial charge in [-0.25, -0.2) is 9.97 Å². The quantitative estimate of drug-likeness (QED) is 0.380. The van der Waals surface area contributed by atoms with Crippen LogP contribution in [0.25, 0.3) is 22.3 Å². The van der Waals surface area contributed by atoms with Gasteiger partial charge in [-0.3, -0.25) is 14.4 Å². The molecule has 0 saturated heterocycles. The van der Waals surface area contributed by atoms with Gasteiger partial charge in [0.15, 0.2) is 5.43 Å². The minimum atomic E-state index is -0.301. The Morgan fingerprint density at radius 3 is 2.57 bits per heavy atom. The van der Waals surface area contributed by atoms with Gasteiger partial charge in [-0.15, -0.1) is 0 Å². The Labute approximate surface area is 202 Å². The van der Waals surface area contributed by atoms with Crippen LogP contribution in [0.15, 0.2) is 65.6 Å². The number of nitrogens with zero attached hydrogens (tertiary/aromatic N) is 3. The molecule has 0 aliphatic rings. The van der Waals surface area contributed by atoms with Crippen LogP contribution in [0.5, 0.6) is 0 Å². The number of pyridine rings is 3. The Morgan fingerprint density at radius 2 is 1.86 bits per heavy atom. The molecule has 3 heterocycles. The van der Waals surface area contributed by atoms with Gasteiger partial charge >= 0.3 is 0 Å². The Morgan fingerprint density at radius 1 is 1.03 bits per heavy atom. The lowest BCUT2D eigenvalue weighted by Gasteiger charge is -2.16. The molecular formula is C26H26N6O3. The van der Waals surface area contributed by atoms with Gasteiger partial charge in [-0.05, 0) is 42.8 Å². The number of likely N-dealkylation sites (N-methyl/N-ethyl adjacent to an activating group) is 1. The van der Waals surface area contributed by atoms with Crippen LogP contribution in [0, 0.1) is 0 Å². The van der Waals surface area contributed by atoms with Crippen LogP contribution in [0.1, 0.15) is 18.1 Å². The average Bonchev–Trinajstić information content (AvgIpc) is 2.87. The monoisotopic (exact) mass is 470 g/mol. The maximum absolute atomic E-state index is 13.1. The average molecular weight is 471 g/mol. The summed E-state index contributed by atoms with van der Waals surface area (Å²) in [6.45, 7) is 2.38. The van der Waals surface area contributed by atoms with E-state index in [0.717, 1.165) is 11.1 Å². The summed E-state index contributed by atoms with van der Waals surface area (Å²) in [4.78, 5) is 46.3. The van der Waals surface area contributed by atoms with E-state index in [-0.39, 0.29) is 41.5 Å². The summed E-state index contributed by atoms with van der Waals surface area (Å²) in [5, 5.41) is 5.70. The van der Waals surface area contributed by atoms with Gasteiger partial charge in [0, 0.05) is 30.9 Å². The lowest BCUT2D eigenvalue weighted by atomic mass is 10.0. The van der Waals surface area contributed by atoms with E-state index in [9.17, 15) is 14.4 Å².